The van der Waals surface area contributed by atoms with Gasteiger partial charge in [0.2, 0.25) is 0 Å². The second kappa shape index (κ2) is 9.88. The molecule has 3 rings (SSSR count). The van der Waals surface area contributed by atoms with E-state index in [4.69, 9.17) is 14.3 Å². The molecule has 2 aromatic rings. The van der Waals surface area contributed by atoms with Crippen molar-refractivity contribution in [3.05, 3.63) is 64.7 Å². The van der Waals surface area contributed by atoms with E-state index in [9.17, 15) is 14.4 Å². The Labute approximate surface area is 180 Å². The fourth-order valence-corrected chi connectivity index (χ4v) is 3.04. The van der Waals surface area contributed by atoms with Gasteiger partial charge in [-0.3, -0.25) is 4.79 Å². The summed E-state index contributed by atoms with van der Waals surface area (Å²) in [7, 11) is 0. The van der Waals surface area contributed by atoms with Gasteiger partial charge in [0.25, 0.3) is 5.91 Å². The molecule has 0 saturated carbocycles. The molecule has 0 radical (unpaired) electrons. The standard InChI is InChI=1S/C23H24N2O6/c1-4-29-22(27)16-10-17(23(28)30-5-2)12-18(11-16)24-21(26)19-13-20(31-25-19)15-8-6-14(3)7-9-15/h6-12,20H,4-5,13H2,1-3H3,(H,24,26)/t20-/m1/s1. The topological polar surface area (TPSA) is 103 Å². The highest BCUT2D eigenvalue weighted by atomic mass is 16.6. The number of esters is 2. The molecule has 2 aromatic carbocycles. The van der Waals surface area contributed by atoms with E-state index in [0.29, 0.717) is 6.42 Å². The lowest BCUT2D eigenvalue weighted by molar-refractivity contribution is -0.110. The van der Waals surface area contributed by atoms with Crippen LogP contribution in [0.1, 0.15) is 58.2 Å². The quantitative estimate of drug-likeness (QED) is 0.678. The highest BCUT2D eigenvalue weighted by Crippen LogP contribution is 2.28. The first-order chi connectivity index (χ1) is 14.9. The van der Waals surface area contributed by atoms with E-state index in [0.717, 1.165) is 11.1 Å². The van der Waals surface area contributed by atoms with Crippen molar-refractivity contribution < 1.29 is 28.7 Å². The van der Waals surface area contributed by atoms with Gasteiger partial charge < -0.3 is 19.6 Å². The van der Waals surface area contributed by atoms with Crippen molar-refractivity contribution in [1.82, 2.24) is 0 Å². The first kappa shape index (κ1) is 22.0. The van der Waals surface area contributed by atoms with Crippen LogP contribution in [0.4, 0.5) is 5.69 Å². The fraction of sp³-hybridized carbons (Fsp3) is 0.304. The van der Waals surface area contributed by atoms with Gasteiger partial charge in [-0.2, -0.15) is 0 Å². The van der Waals surface area contributed by atoms with Gasteiger partial charge in [0, 0.05) is 12.1 Å². The number of aryl methyl sites for hydroxylation is 1. The van der Waals surface area contributed by atoms with E-state index in [1.807, 2.05) is 31.2 Å². The van der Waals surface area contributed by atoms with E-state index >= 15 is 0 Å². The molecular formula is C23H24N2O6. The number of amides is 1. The zero-order chi connectivity index (χ0) is 22.4. The smallest absolute Gasteiger partial charge is 0.338 e. The van der Waals surface area contributed by atoms with Crippen LogP contribution in [0.3, 0.4) is 0 Å². The molecule has 1 aliphatic heterocycles. The van der Waals surface area contributed by atoms with Gasteiger partial charge in [-0.15, -0.1) is 0 Å². The first-order valence-corrected chi connectivity index (χ1v) is 10.0. The van der Waals surface area contributed by atoms with Crippen LogP contribution in [0.25, 0.3) is 0 Å². The normalized spacial score (nSPS) is 14.9. The Bertz CT molecular complexity index is 977. The summed E-state index contributed by atoms with van der Waals surface area (Å²) in [6.07, 6.45) is -0.0423. The monoisotopic (exact) mass is 424 g/mol. The number of hydrogen-bond acceptors (Lipinski definition) is 7. The van der Waals surface area contributed by atoms with Crippen molar-refractivity contribution >= 4 is 29.2 Å². The van der Waals surface area contributed by atoms with Crippen LogP contribution < -0.4 is 5.32 Å². The van der Waals surface area contributed by atoms with Gasteiger partial charge in [0.05, 0.1) is 24.3 Å². The molecule has 1 aliphatic rings. The molecule has 0 aromatic heterocycles. The number of oxime groups is 1. The molecule has 1 amide bonds. The lowest BCUT2D eigenvalue weighted by Crippen LogP contribution is -2.22. The summed E-state index contributed by atoms with van der Waals surface area (Å²) in [6.45, 7) is 5.71. The lowest BCUT2D eigenvalue weighted by Gasteiger charge is -2.10. The molecule has 0 unspecified atom stereocenters. The van der Waals surface area contributed by atoms with Crippen LogP contribution in [0.2, 0.25) is 0 Å². The summed E-state index contributed by atoms with van der Waals surface area (Å²) in [5, 5.41) is 6.58. The molecule has 1 heterocycles. The average Bonchev–Trinajstić information content (AvgIpc) is 3.25. The molecular weight excluding hydrogens is 400 g/mol. The molecule has 0 aliphatic carbocycles. The Morgan fingerprint density at radius 1 is 1.00 bits per heavy atom. The maximum atomic E-state index is 12.7. The van der Waals surface area contributed by atoms with Gasteiger partial charge in [0.15, 0.2) is 6.10 Å². The maximum Gasteiger partial charge on any atom is 0.338 e. The molecule has 1 N–H and O–H groups in total. The number of rotatable bonds is 7. The minimum absolute atomic E-state index is 0.129. The molecule has 31 heavy (non-hydrogen) atoms. The van der Waals surface area contributed by atoms with Crippen LogP contribution in [0.15, 0.2) is 47.6 Å². The number of anilines is 1. The van der Waals surface area contributed by atoms with Crippen LogP contribution in [0, 0.1) is 6.92 Å². The van der Waals surface area contributed by atoms with Crippen molar-refractivity contribution in [1.29, 1.82) is 0 Å². The number of hydrogen-bond donors (Lipinski definition) is 1. The SMILES string of the molecule is CCOC(=O)c1cc(NC(=O)C2=NO[C@@H](c3ccc(C)cc3)C2)cc(C(=O)OCC)c1. The lowest BCUT2D eigenvalue weighted by atomic mass is 10.0. The number of benzene rings is 2. The van der Waals surface area contributed by atoms with Crippen molar-refractivity contribution in [2.75, 3.05) is 18.5 Å². The zero-order valence-corrected chi connectivity index (χ0v) is 17.6. The van der Waals surface area contributed by atoms with E-state index in [-0.39, 0.29) is 41.8 Å². The Balaban J connectivity index is 1.76. The second-order valence-corrected chi connectivity index (χ2v) is 6.94. The molecule has 8 nitrogen and oxygen atoms in total. The predicted molar refractivity (Wildman–Crippen MR) is 114 cm³/mol. The Morgan fingerprint density at radius 2 is 1.58 bits per heavy atom. The van der Waals surface area contributed by atoms with Crippen molar-refractivity contribution in [2.24, 2.45) is 5.16 Å². The third kappa shape index (κ3) is 5.48. The Morgan fingerprint density at radius 3 is 2.13 bits per heavy atom. The molecule has 8 heteroatoms. The van der Waals surface area contributed by atoms with Crippen molar-refractivity contribution in [3.63, 3.8) is 0 Å². The molecule has 1 atom stereocenters. The molecule has 162 valence electrons. The highest BCUT2D eigenvalue weighted by Gasteiger charge is 2.28. The van der Waals surface area contributed by atoms with Crippen molar-refractivity contribution in [2.45, 2.75) is 33.3 Å². The third-order valence-electron chi connectivity index (χ3n) is 4.59. The molecule has 0 fully saturated rings. The first-order valence-electron chi connectivity index (χ1n) is 10.0. The van der Waals surface area contributed by atoms with E-state index in [1.54, 1.807) is 13.8 Å². The highest BCUT2D eigenvalue weighted by molar-refractivity contribution is 6.43. The van der Waals surface area contributed by atoms with Gasteiger partial charge in [-0.05, 0) is 44.5 Å². The average molecular weight is 424 g/mol. The number of nitrogens with one attached hydrogen (secondary N) is 1. The molecule has 0 saturated heterocycles. The number of nitrogens with zero attached hydrogens (tertiary/aromatic N) is 1. The summed E-state index contributed by atoms with van der Waals surface area (Å²) >= 11 is 0. The van der Waals surface area contributed by atoms with Crippen LogP contribution >= 0.6 is 0 Å². The summed E-state index contributed by atoms with van der Waals surface area (Å²) in [4.78, 5) is 42.5. The summed E-state index contributed by atoms with van der Waals surface area (Å²) in [6, 6.07) is 12.0. The minimum Gasteiger partial charge on any atom is -0.462 e. The largest absolute Gasteiger partial charge is 0.462 e. The van der Waals surface area contributed by atoms with Gasteiger partial charge in [0.1, 0.15) is 5.71 Å². The zero-order valence-electron chi connectivity index (χ0n) is 17.6. The molecule has 0 spiro atoms. The number of ether oxygens (including phenoxy) is 2. The third-order valence-corrected chi connectivity index (χ3v) is 4.59. The number of carbonyl (C=O) groups excluding carboxylic acids is 3. The Hall–Kier alpha value is -3.68. The summed E-state index contributed by atoms with van der Waals surface area (Å²) in [5.41, 5.74) is 2.77. The maximum absolute atomic E-state index is 12.7. The van der Waals surface area contributed by atoms with E-state index in [2.05, 4.69) is 10.5 Å². The van der Waals surface area contributed by atoms with Gasteiger partial charge in [-0.25, -0.2) is 9.59 Å². The predicted octanol–water partition coefficient (Wildman–Crippen LogP) is 3.80. The van der Waals surface area contributed by atoms with Crippen LogP contribution in [0.5, 0.6) is 0 Å². The second-order valence-electron chi connectivity index (χ2n) is 6.94. The molecule has 0 bridgehead atoms. The van der Waals surface area contributed by atoms with Gasteiger partial charge >= 0.3 is 11.9 Å². The summed E-state index contributed by atoms with van der Waals surface area (Å²) < 4.78 is 10.0. The summed E-state index contributed by atoms with van der Waals surface area (Å²) in [5.74, 6) is -1.69. The fourth-order valence-electron chi connectivity index (χ4n) is 3.04. The minimum atomic E-state index is -0.606. The number of carbonyl (C=O) groups is 3. The van der Waals surface area contributed by atoms with Gasteiger partial charge in [-0.1, -0.05) is 35.0 Å². The van der Waals surface area contributed by atoms with Crippen molar-refractivity contribution in [3.8, 4) is 0 Å². The van der Waals surface area contributed by atoms with E-state index < -0.39 is 17.8 Å². The van der Waals surface area contributed by atoms with E-state index in [1.165, 1.54) is 18.2 Å². The van der Waals surface area contributed by atoms with Crippen LogP contribution in [-0.2, 0) is 19.1 Å². The Kier molecular flexibility index (Phi) is 7.02. The van der Waals surface area contributed by atoms with Crippen LogP contribution in [-0.4, -0.2) is 36.8 Å².